The van der Waals surface area contributed by atoms with Crippen molar-refractivity contribution < 1.29 is 23.6 Å². The van der Waals surface area contributed by atoms with E-state index < -0.39 is 24.4 Å². The number of carbonyl (C=O) groups excluding carboxylic acids is 1. The van der Waals surface area contributed by atoms with Gasteiger partial charge in [-0.3, -0.25) is 0 Å². The largest absolute Gasteiger partial charge is 0.495 e. The highest BCUT2D eigenvalue weighted by atomic mass is 16.7. The summed E-state index contributed by atoms with van der Waals surface area (Å²) in [5, 5.41) is 12.2. The number of nitriles is 1. The number of methoxy groups -OCH3 is 1. The average molecular weight is 536 g/mol. The number of fused-ring (bicyclic) bond motifs is 3. The molecular formula is C32H33BN2O5. The highest BCUT2D eigenvalue weighted by molar-refractivity contribution is 6.56. The molecule has 0 bridgehead atoms. The molecule has 0 saturated carbocycles. The maximum atomic E-state index is 12.9. The molecule has 0 aromatic heterocycles. The third-order valence-electron chi connectivity index (χ3n) is 8.03. The van der Waals surface area contributed by atoms with Gasteiger partial charge in [0, 0.05) is 12.5 Å². The van der Waals surface area contributed by atoms with Crippen molar-refractivity contribution >= 4 is 19.3 Å². The topological polar surface area (TPSA) is 89.8 Å². The normalized spacial score (nSPS) is 17.1. The monoisotopic (exact) mass is 536 g/mol. The first kappa shape index (κ1) is 27.5. The lowest BCUT2D eigenvalue weighted by atomic mass is 9.77. The van der Waals surface area contributed by atoms with Crippen molar-refractivity contribution in [2.24, 2.45) is 0 Å². The highest BCUT2D eigenvalue weighted by Gasteiger charge is 2.52. The Hall–Kier alpha value is -4.06. The van der Waals surface area contributed by atoms with Crippen molar-refractivity contribution in [2.75, 3.05) is 20.3 Å². The van der Waals surface area contributed by atoms with Crippen LogP contribution in [0.3, 0.4) is 0 Å². The third-order valence-corrected chi connectivity index (χ3v) is 8.03. The fourth-order valence-corrected chi connectivity index (χ4v) is 5.12. The zero-order valence-electron chi connectivity index (χ0n) is 23.5. The van der Waals surface area contributed by atoms with Crippen LogP contribution in [0.15, 0.2) is 72.2 Å². The molecule has 5 rings (SSSR count). The van der Waals surface area contributed by atoms with E-state index >= 15 is 0 Å². The molecule has 0 radical (unpaired) electrons. The van der Waals surface area contributed by atoms with Crippen LogP contribution >= 0.6 is 0 Å². The summed E-state index contributed by atoms with van der Waals surface area (Å²) in [5.74, 6) is 0.441. The summed E-state index contributed by atoms with van der Waals surface area (Å²) in [5.41, 5.74) is 5.49. The Kier molecular flexibility index (Phi) is 7.46. The van der Waals surface area contributed by atoms with E-state index in [2.05, 4.69) is 35.7 Å². The van der Waals surface area contributed by atoms with Crippen LogP contribution in [0.5, 0.6) is 5.75 Å². The number of nitrogens with one attached hydrogen (secondary N) is 1. The number of alkyl carbamates (subject to hydrolysis) is 1. The van der Waals surface area contributed by atoms with E-state index in [4.69, 9.17) is 18.8 Å². The predicted octanol–water partition coefficient (Wildman–Crippen LogP) is 6.12. The maximum absolute atomic E-state index is 12.9. The molecule has 7 nitrogen and oxygen atoms in total. The molecule has 1 saturated heterocycles. The van der Waals surface area contributed by atoms with E-state index in [1.165, 1.54) is 18.2 Å². The zero-order chi connectivity index (χ0) is 28.5. The number of hydrogen-bond donors (Lipinski definition) is 1. The molecule has 3 aromatic rings. The van der Waals surface area contributed by atoms with Crippen LogP contribution in [0.4, 0.5) is 4.79 Å². The Labute approximate surface area is 235 Å². The van der Waals surface area contributed by atoms with Gasteiger partial charge < -0.3 is 24.1 Å². The van der Waals surface area contributed by atoms with Crippen molar-refractivity contribution in [1.29, 1.82) is 5.26 Å². The standard InChI is InChI=1S/C32H33BN2O5/c1-31(2)32(3,4)40-33(39-31)23(16-21-14-15-22(18-34)29(17-21)37-5)19-35-30(36)38-20-28-26-12-8-6-10-24(26)25-11-7-9-13-27(25)28/h6-17,28H,19-20H2,1-5H3,(H,35,36). The summed E-state index contributed by atoms with van der Waals surface area (Å²) in [6.07, 6.45) is 1.36. The van der Waals surface area contributed by atoms with E-state index in [1.54, 1.807) is 12.1 Å². The molecule has 1 aliphatic heterocycles. The number of nitrogens with zero attached hydrogens (tertiary/aromatic N) is 1. The molecular weight excluding hydrogens is 503 g/mol. The first-order valence-corrected chi connectivity index (χ1v) is 13.4. The molecule has 1 fully saturated rings. The summed E-state index contributed by atoms with van der Waals surface area (Å²) in [6, 6.07) is 23.9. The first-order valence-electron chi connectivity index (χ1n) is 13.4. The fourth-order valence-electron chi connectivity index (χ4n) is 5.12. The second-order valence-electron chi connectivity index (χ2n) is 11.1. The summed E-state index contributed by atoms with van der Waals surface area (Å²) < 4.78 is 23.7. The van der Waals surface area contributed by atoms with Crippen LogP contribution in [0, 0.1) is 11.3 Å². The highest BCUT2D eigenvalue weighted by Crippen LogP contribution is 2.44. The van der Waals surface area contributed by atoms with Crippen molar-refractivity contribution in [3.63, 3.8) is 0 Å². The lowest BCUT2D eigenvalue weighted by Crippen LogP contribution is -2.41. The molecule has 0 spiro atoms. The van der Waals surface area contributed by atoms with Gasteiger partial charge in [-0.25, -0.2) is 4.79 Å². The summed E-state index contributed by atoms with van der Waals surface area (Å²) in [7, 11) is 0.845. The van der Waals surface area contributed by atoms with Gasteiger partial charge in [-0.15, -0.1) is 0 Å². The minimum atomic E-state index is -0.680. The molecule has 3 aromatic carbocycles. The van der Waals surface area contributed by atoms with Gasteiger partial charge in [-0.05, 0) is 73.1 Å². The second kappa shape index (κ2) is 10.8. The molecule has 1 N–H and O–H groups in total. The van der Waals surface area contributed by atoms with Crippen molar-refractivity contribution in [1.82, 2.24) is 5.32 Å². The summed E-state index contributed by atoms with van der Waals surface area (Å²) >= 11 is 0. The summed E-state index contributed by atoms with van der Waals surface area (Å²) in [6.45, 7) is 8.30. The smallest absolute Gasteiger partial charge is 0.492 e. The average Bonchev–Trinajstić information content (AvgIpc) is 3.38. The lowest BCUT2D eigenvalue weighted by Gasteiger charge is -2.32. The molecule has 0 atom stereocenters. The minimum absolute atomic E-state index is 0.0256. The van der Waals surface area contributed by atoms with Gasteiger partial charge in [0.15, 0.2) is 0 Å². The van der Waals surface area contributed by atoms with Gasteiger partial charge in [0.05, 0.1) is 23.9 Å². The van der Waals surface area contributed by atoms with Gasteiger partial charge in [-0.1, -0.05) is 60.7 Å². The van der Waals surface area contributed by atoms with Gasteiger partial charge in [0.25, 0.3) is 0 Å². The number of carbonyl (C=O) groups is 1. The quantitative estimate of drug-likeness (QED) is 0.366. The van der Waals surface area contributed by atoms with Crippen LogP contribution < -0.4 is 10.1 Å². The number of ether oxygens (including phenoxy) is 2. The zero-order valence-corrected chi connectivity index (χ0v) is 23.5. The van der Waals surface area contributed by atoms with Crippen molar-refractivity contribution in [2.45, 2.75) is 44.8 Å². The molecule has 0 unspecified atom stereocenters. The third kappa shape index (κ3) is 5.23. The second-order valence-corrected chi connectivity index (χ2v) is 11.1. The summed E-state index contributed by atoms with van der Waals surface area (Å²) in [4.78, 5) is 12.9. The Morgan fingerprint density at radius 2 is 1.60 bits per heavy atom. The molecule has 40 heavy (non-hydrogen) atoms. The Bertz CT molecular complexity index is 1450. The molecule has 1 aliphatic carbocycles. The molecule has 204 valence electrons. The van der Waals surface area contributed by atoms with Gasteiger partial charge in [-0.2, -0.15) is 5.26 Å². The number of benzene rings is 3. The van der Waals surface area contributed by atoms with E-state index in [1.807, 2.05) is 64.1 Å². The first-order chi connectivity index (χ1) is 19.1. The van der Waals surface area contributed by atoms with E-state index in [9.17, 15) is 10.1 Å². The lowest BCUT2D eigenvalue weighted by molar-refractivity contribution is 0.00578. The van der Waals surface area contributed by atoms with E-state index in [-0.39, 0.29) is 19.1 Å². The molecule has 2 aliphatic rings. The Morgan fingerprint density at radius 3 is 2.17 bits per heavy atom. The molecule has 1 amide bonds. The number of hydrogen-bond acceptors (Lipinski definition) is 6. The van der Waals surface area contributed by atoms with Crippen LogP contribution in [-0.2, 0) is 14.0 Å². The fraction of sp³-hybridized carbons (Fsp3) is 0.312. The molecule has 8 heteroatoms. The number of rotatable bonds is 7. The van der Waals surface area contributed by atoms with Gasteiger partial charge >= 0.3 is 13.2 Å². The van der Waals surface area contributed by atoms with Crippen LogP contribution in [-0.4, -0.2) is 44.7 Å². The number of amides is 1. The minimum Gasteiger partial charge on any atom is -0.495 e. The van der Waals surface area contributed by atoms with Crippen LogP contribution in [0.1, 0.15) is 55.9 Å². The van der Waals surface area contributed by atoms with Crippen molar-refractivity contribution in [3.8, 4) is 22.9 Å². The van der Waals surface area contributed by atoms with Crippen molar-refractivity contribution in [3.05, 3.63) is 94.5 Å². The maximum Gasteiger partial charge on any atom is 0.492 e. The van der Waals surface area contributed by atoms with E-state index in [0.29, 0.717) is 16.8 Å². The van der Waals surface area contributed by atoms with Gasteiger partial charge in [0.1, 0.15) is 18.4 Å². The Balaban J connectivity index is 1.32. The van der Waals surface area contributed by atoms with E-state index in [0.717, 1.165) is 16.7 Å². The molecule has 1 heterocycles. The SMILES string of the molecule is COc1cc(C=C(CNC(=O)OCC2c3ccccc3-c3ccccc32)B2OC(C)(C)C(C)(C)O2)ccc1C#N. The van der Waals surface area contributed by atoms with Crippen LogP contribution in [0.25, 0.3) is 17.2 Å². The van der Waals surface area contributed by atoms with Gasteiger partial charge in [0.2, 0.25) is 0 Å². The van der Waals surface area contributed by atoms with Crippen LogP contribution in [0.2, 0.25) is 0 Å². The predicted molar refractivity (Wildman–Crippen MR) is 155 cm³/mol. The Morgan fingerprint density at radius 1 is 1.00 bits per heavy atom.